The van der Waals surface area contributed by atoms with E-state index < -0.39 is 11.0 Å². The lowest BCUT2D eigenvalue weighted by atomic mass is 9.49. The average Bonchev–Trinajstić information content (AvgIpc) is 3.15. The van der Waals surface area contributed by atoms with Crippen molar-refractivity contribution in [2.24, 2.45) is 11.8 Å². The third-order valence-corrected chi connectivity index (χ3v) is 9.73. The zero-order valence-electron chi connectivity index (χ0n) is 22.5. The molecule has 198 valence electrons. The molecule has 4 unspecified atom stereocenters. The van der Waals surface area contributed by atoms with Crippen LogP contribution in [0, 0.1) is 11.8 Å². The molecule has 1 aromatic rings. The summed E-state index contributed by atoms with van der Waals surface area (Å²) < 4.78 is 12.4. The van der Waals surface area contributed by atoms with Crippen LogP contribution in [0.4, 0.5) is 0 Å². The molecule has 4 aliphatic carbocycles. The van der Waals surface area contributed by atoms with Crippen LogP contribution in [0.15, 0.2) is 12.1 Å². The Balaban J connectivity index is 0.000000637. The van der Waals surface area contributed by atoms with E-state index in [4.69, 9.17) is 9.47 Å². The zero-order chi connectivity index (χ0) is 25.7. The monoisotopic (exact) mass is 497 g/mol. The molecular formula is C30H43NO5. The van der Waals surface area contributed by atoms with Crippen molar-refractivity contribution in [2.45, 2.75) is 121 Å². The molecule has 6 aliphatic rings. The van der Waals surface area contributed by atoms with Crippen molar-refractivity contribution in [3.63, 3.8) is 0 Å². The molecular weight excluding hydrogens is 454 g/mol. The van der Waals surface area contributed by atoms with Crippen molar-refractivity contribution < 1.29 is 24.2 Å². The third kappa shape index (κ3) is 3.39. The van der Waals surface area contributed by atoms with Gasteiger partial charge in [-0.25, -0.2) is 0 Å². The van der Waals surface area contributed by atoms with Gasteiger partial charge in [0.05, 0.1) is 23.0 Å². The molecule has 2 heterocycles. The summed E-state index contributed by atoms with van der Waals surface area (Å²) in [4.78, 5) is 27.9. The van der Waals surface area contributed by atoms with E-state index in [0.29, 0.717) is 37.3 Å². The highest BCUT2D eigenvalue weighted by Gasteiger charge is 2.71. The minimum absolute atomic E-state index is 0.00199. The lowest BCUT2D eigenvalue weighted by molar-refractivity contribution is -0.194. The number of likely N-dealkylation sites (tertiary alicyclic amines) is 1. The van der Waals surface area contributed by atoms with Gasteiger partial charge in [-0.3, -0.25) is 9.59 Å². The van der Waals surface area contributed by atoms with Crippen molar-refractivity contribution in [3.8, 4) is 11.5 Å². The summed E-state index contributed by atoms with van der Waals surface area (Å²) in [7, 11) is 0. The lowest BCUT2D eigenvalue weighted by Crippen LogP contribution is -2.76. The number of amides is 1. The minimum atomic E-state index is -0.984. The highest BCUT2D eigenvalue weighted by molar-refractivity contribution is 5.81. The Labute approximate surface area is 215 Å². The number of aliphatic hydroxyl groups is 1. The Kier molecular flexibility index (Phi) is 6.86. The second-order valence-electron chi connectivity index (χ2n) is 11.0. The number of hydrogen-bond acceptors (Lipinski definition) is 5. The first-order valence-electron chi connectivity index (χ1n) is 14.6. The second kappa shape index (κ2) is 9.66. The molecule has 6 nitrogen and oxygen atoms in total. The first-order chi connectivity index (χ1) is 17.5. The lowest BCUT2D eigenvalue weighted by Gasteiger charge is -2.63. The van der Waals surface area contributed by atoms with Crippen molar-refractivity contribution >= 4 is 11.9 Å². The van der Waals surface area contributed by atoms with Crippen LogP contribution in [-0.2, 0) is 21.4 Å². The van der Waals surface area contributed by atoms with E-state index in [2.05, 4.69) is 0 Å². The number of benzene rings is 1. The summed E-state index contributed by atoms with van der Waals surface area (Å²) >= 11 is 0. The van der Waals surface area contributed by atoms with Crippen molar-refractivity contribution in [3.05, 3.63) is 23.3 Å². The molecule has 2 aliphatic heterocycles. The molecule has 3 saturated carbocycles. The number of piperidine rings is 1. The van der Waals surface area contributed by atoms with Gasteiger partial charge in [-0.05, 0) is 69.4 Å². The highest BCUT2D eigenvalue weighted by atomic mass is 16.6. The normalized spacial score (nSPS) is 33.3. The van der Waals surface area contributed by atoms with Crippen LogP contribution in [0.25, 0.3) is 0 Å². The molecule has 7 rings (SSSR count). The fourth-order valence-corrected chi connectivity index (χ4v) is 7.60. The van der Waals surface area contributed by atoms with Gasteiger partial charge < -0.3 is 19.5 Å². The smallest absolute Gasteiger partial charge is 0.314 e. The third-order valence-electron chi connectivity index (χ3n) is 9.73. The Morgan fingerprint density at radius 2 is 1.67 bits per heavy atom. The molecule has 36 heavy (non-hydrogen) atoms. The van der Waals surface area contributed by atoms with E-state index in [1.807, 2.05) is 44.7 Å². The van der Waals surface area contributed by atoms with Gasteiger partial charge in [-0.1, -0.05) is 46.6 Å². The van der Waals surface area contributed by atoms with E-state index >= 15 is 0 Å². The van der Waals surface area contributed by atoms with Crippen LogP contribution >= 0.6 is 0 Å². The quantitative estimate of drug-likeness (QED) is 0.452. The summed E-state index contributed by atoms with van der Waals surface area (Å²) in [6.07, 6.45) is 9.67. The van der Waals surface area contributed by atoms with Crippen LogP contribution in [0.1, 0.15) is 103 Å². The summed E-state index contributed by atoms with van der Waals surface area (Å²) in [5.74, 6) is 1.41. The van der Waals surface area contributed by atoms with Gasteiger partial charge in [-0.15, -0.1) is 0 Å². The van der Waals surface area contributed by atoms with E-state index in [1.165, 1.54) is 0 Å². The predicted octanol–water partition coefficient (Wildman–Crippen LogP) is 5.32. The summed E-state index contributed by atoms with van der Waals surface area (Å²) in [6.45, 7) is 8.67. The number of carbonyl (C=O) groups excluding carboxylic acids is 2. The van der Waals surface area contributed by atoms with Crippen LogP contribution in [0.2, 0.25) is 0 Å². The molecule has 6 heteroatoms. The standard InChI is InChI=1S/C26H31NO5.2C2H6/c28-23(15-4-1-5-15)27-13-12-25-20-8-3-11-26(25,30)19(27)14-17-9-10-18(22(32-20)21(17)25)31-24(29)16-6-2-7-16;2*1-2/h9-10,15-16,19-20,30H,1-8,11-14H2;2*1-2H3. The van der Waals surface area contributed by atoms with E-state index in [9.17, 15) is 14.7 Å². The summed E-state index contributed by atoms with van der Waals surface area (Å²) in [5, 5.41) is 12.3. The van der Waals surface area contributed by atoms with E-state index in [-0.39, 0.29) is 35.9 Å². The number of nitrogens with zero attached hydrogens (tertiary/aromatic N) is 1. The van der Waals surface area contributed by atoms with Crippen LogP contribution in [0.5, 0.6) is 11.5 Å². The van der Waals surface area contributed by atoms with Gasteiger partial charge in [0.25, 0.3) is 0 Å². The van der Waals surface area contributed by atoms with Crippen molar-refractivity contribution in [1.82, 2.24) is 4.90 Å². The largest absolute Gasteiger partial charge is 0.485 e. The maximum Gasteiger partial charge on any atom is 0.314 e. The van der Waals surface area contributed by atoms with E-state index in [0.717, 1.165) is 62.5 Å². The highest BCUT2D eigenvalue weighted by Crippen LogP contribution is 2.65. The molecule has 1 spiro atoms. The molecule has 1 saturated heterocycles. The maximum absolute atomic E-state index is 13.3. The molecule has 1 N–H and O–H groups in total. The fraction of sp³-hybridized carbons (Fsp3) is 0.733. The van der Waals surface area contributed by atoms with Gasteiger partial charge in [0.2, 0.25) is 5.91 Å². The fourth-order valence-electron chi connectivity index (χ4n) is 7.60. The summed E-state index contributed by atoms with van der Waals surface area (Å²) in [6, 6.07) is 3.73. The summed E-state index contributed by atoms with van der Waals surface area (Å²) in [5.41, 5.74) is 0.723. The Morgan fingerprint density at radius 3 is 2.31 bits per heavy atom. The molecule has 2 bridgehead atoms. The maximum atomic E-state index is 13.3. The van der Waals surface area contributed by atoms with Crippen LogP contribution < -0.4 is 9.47 Å². The first kappa shape index (κ1) is 25.6. The predicted molar refractivity (Wildman–Crippen MR) is 138 cm³/mol. The minimum Gasteiger partial charge on any atom is -0.485 e. The van der Waals surface area contributed by atoms with Crippen molar-refractivity contribution in [2.75, 3.05) is 6.54 Å². The van der Waals surface area contributed by atoms with Gasteiger partial charge >= 0.3 is 5.97 Å². The molecule has 1 aromatic carbocycles. The van der Waals surface area contributed by atoms with Gasteiger partial charge in [0.1, 0.15) is 6.10 Å². The molecule has 0 radical (unpaired) electrons. The molecule has 4 atom stereocenters. The topological polar surface area (TPSA) is 76.1 Å². The number of ether oxygens (including phenoxy) is 2. The first-order valence-corrected chi connectivity index (χ1v) is 14.6. The van der Waals surface area contributed by atoms with Crippen molar-refractivity contribution in [1.29, 1.82) is 0 Å². The Bertz CT molecular complexity index is 1010. The molecule has 0 aromatic heterocycles. The molecule has 1 amide bonds. The van der Waals surface area contributed by atoms with Gasteiger partial charge in [0.15, 0.2) is 11.5 Å². The Hall–Kier alpha value is -2.08. The van der Waals surface area contributed by atoms with Crippen LogP contribution in [0.3, 0.4) is 0 Å². The number of hydrogen-bond donors (Lipinski definition) is 1. The second-order valence-corrected chi connectivity index (χ2v) is 11.0. The zero-order valence-corrected chi connectivity index (χ0v) is 22.5. The van der Waals surface area contributed by atoms with Gasteiger partial charge in [0, 0.05) is 18.0 Å². The molecule has 4 fully saturated rings. The SMILES string of the molecule is CC.CC.O=C(Oc1ccc2c3c1OC1CCCC4(O)C(C2)N(C(=O)C2CCC2)CCC314)C1CCC1. The van der Waals surface area contributed by atoms with Gasteiger partial charge in [-0.2, -0.15) is 0 Å². The van der Waals surface area contributed by atoms with Crippen LogP contribution in [-0.4, -0.2) is 46.2 Å². The number of esters is 1. The number of rotatable bonds is 3. The average molecular weight is 498 g/mol. The number of carbonyl (C=O) groups is 2. The Morgan fingerprint density at radius 1 is 0.972 bits per heavy atom. The van der Waals surface area contributed by atoms with E-state index in [1.54, 1.807) is 0 Å².